The maximum Gasteiger partial charge on any atom is 0.0207 e. The molecule has 0 bridgehead atoms. The Hall–Kier alpha value is -0.0400. The molecule has 1 unspecified atom stereocenters. The summed E-state index contributed by atoms with van der Waals surface area (Å²) in [5.74, 6) is 0. The molecule has 0 radical (unpaired) electrons. The largest absolute Gasteiger partial charge is 0.298 e. The highest BCUT2D eigenvalue weighted by molar-refractivity contribution is 4.93. The fourth-order valence-corrected chi connectivity index (χ4v) is 2.81. The lowest BCUT2D eigenvalue weighted by Gasteiger charge is -2.37. The van der Waals surface area contributed by atoms with Crippen LogP contribution in [0.2, 0.25) is 0 Å². The van der Waals surface area contributed by atoms with E-state index in [-0.39, 0.29) is 0 Å². The average Bonchev–Trinajstić information content (AvgIpc) is 2.49. The smallest absolute Gasteiger partial charge is 0.0207 e. The third kappa shape index (κ3) is 1.66. The molecule has 0 aromatic heterocycles. The first-order valence-electron chi connectivity index (χ1n) is 5.54. The Morgan fingerprint density at radius 2 is 2.00 bits per heavy atom. The van der Waals surface area contributed by atoms with Crippen LogP contribution < -0.4 is 0 Å². The summed E-state index contributed by atoms with van der Waals surface area (Å²) in [5.41, 5.74) is 0.587. The third-order valence-electron chi connectivity index (χ3n) is 3.50. The first-order valence-corrected chi connectivity index (χ1v) is 5.54. The van der Waals surface area contributed by atoms with Crippen LogP contribution in [0.5, 0.6) is 0 Å². The lowest BCUT2D eigenvalue weighted by Crippen LogP contribution is -2.42. The third-order valence-corrected chi connectivity index (χ3v) is 3.50. The normalized spacial score (nSPS) is 31.2. The van der Waals surface area contributed by atoms with Crippen LogP contribution in [0.4, 0.5) is 0 Å². The predicted octanol–water partition coefficient (Wildman–Crippen LogP) is 3.05. The molecule has 0 amide bonds. The van der Waals surface area contributed by atoms with E-state index in [0.29, 0.717) is 5.54 Å². The molecule has 72 valence electrons. The summed E-state index contributed by atoms with van der Waals surface area (Å²) >= 11 is 0. The number of likely N-dealkylation sites (tertiary alicyclic amines) is 1. The molecule has 1 saturated heterocycles. The van der Waals surface area contributed by atoms with Crippen LogP contribution in [-0.2, 0) is 0 Å². The molecule has 0 spiro atoms. The average molecular weight is 169 g/mol. The highest BCUT2D eigenvalue weighted by Gasteiger charge is 2.36. The second-order valence-corrected chi connectivity index (χ2v) is 4.01. The predicted molar refractivity (Wildman–Crippen MR) is 54.4 cm³/mol. The van der Waals surface area contributed by atoms with Crippen molar-refractivity contribution in [2.24, 2.45) is 0 Å². The van der Waals surface area contributed by atoms with Crippen molar-refractivity contribution in [1.29, 1.82) is 0 Å². The summed E-state index contributed by atoms with van der Waals surface area (Å²) < 4.78 is 0. The van der Waals surface area contributed by atoms with Crippen molar-refractivity contribution >= 4 is 0 Å². The van der Waals surface area contributed by atoms with Crippen molar-refractivity contribution in [2.75, 3.05) is 13.1 Å². The fraction of sp³-hybridized carbons (Fsp3) is 1.00. The molecule has 1 heterocycles. The van der Waals surface area contributed by atoms with Crippen molar-refractivity contribution in [1.82, 2.24) is 4.90 Å². The molecule has 1 aliphatic heterocycles. The van der Waals surface area contributed by atoms with Crippen molar-refractivity contribution in [3.05, 3.63) is 0 Å². The Morgan fingerprint density at radius 1 is 1.25 bits per heavy atom. The van der Waals surface area contributed by atoms with Gasteiger partial charge in [-0.05, 0) is 38.8 Å². The maximum absolute atomic E-state index is 2.69. The van der Waals surface area contributed by atoms with E-state index in [1.807, 2.05) is 0 Å². The van der Waals surface area contributed by atoms with Crippen LogP contribution in [0.25, 0.3) is 0 Å². The Bertz CT molecular complexity index is 133. The van der Waals surface area contributed by atoms with E-state index >= 15 is 0 Å². The van der Waals surface area contributed by atoms with E-state index in [0.717, 1.165) is 0 Å². The second-order valence-electron chi connectivity index (χ2n) is 4.01. The molecule has 1 fully saturated rings. The first-order chi connectivity index (χ1) is 5.79. The van der Waals surface area contributed by atoms with Crippen LogP contribution >= 0.6 is 0 Å². The zero-order chi connectivity index (χ0) is 9.03. The molecule has 0 N–H and O–H groups in total. The summed E-state index contributed by atoms with van der Waals surface area (Å²) in [6.45, 7) is 9.54. The van der Waals surface area contributed by atoms with Gasteiger partial charge in [-0.3, -0.25) is 4.90 Å². The van der Waals surface area contributed by atoms with Gasteiger partial charge in [-0.1, -0.05) is 27.2 Å². The van der Waals surface area contributed by atoms with Gasteiger partial charge < -0.3 is 0 Å². The SMILES string of the molecule is CCCC1(CC)CCCN1CC. The van der Waals surface area contributed by atoms with Crippen LogP contribution in [0.1, 0.15) is 52.9 Å². The van der Waals surface area contributed by atoms with Crippen LogP contribution in [-0.4, -0.2) is 23.5 Å². The Morgan fingerprint density at radius 3 is 2.50 bits per heavy atom. The molecule has 1 rings (SSSR count). The lowest BCUT2D eigenvalue weighted by atomic mass is 9.88. The summed E-state index contributed by atoms with van der Waals surface area (Å²) in [6.07, 6.45) is 6.93. The molecule has 12 heavy (non-hydrogen) atoms. The zero-order valence-electron chi connectivity index (χ0n) is 8.90. The van der Waals surface area contributed by atoms with Gasteiger partial charge >= 0.3 is 0 Å². The number of hydrogen-bond acceptors (Lipinski definition) is 1. The van der Waals surface area contributed by atoms with E-state index in [9.17, 15) is 0 Å². The summed E-state index contributed by atoms with van der Waals surface area (Å²) in [4.78, 5) is 2.69. The fourth-order valence-electron chi connectivity index (χ4n) is 2.81. The molecule has 0 aromatic rings. The maximum atomic E-state index is 2.69. The molecule has 1 heteroatoms. The van der Waals surface area contributed by atoms with Crippen molar-refractivity contribution in [3.63, 3.8) is 0 Å². The second kappa shape index (κ2) is 4.27. The van der Waals surface area contributed by atoms with Crippen molar-refractivity contribution < 1.29 is 0 Å². The van der Waals surface area contributed by atoms with Gasteiger partial charge in [0, 0.05) is 5.54 Å². The van der Waals surface area contributed by atoms with E-state index in [1.165, 1.54) is 45.2 Å². The molecular formula is C11H23N. The quantitative estimate of drug-likeness (QED) is 0.625. The Labute approximate surface area is 77.1 Å². The topological polar surface area (TPSA) is 3.24 Å². The van der Waals surface area contributed by atoms with Crippen LogP contribution in [0.15, 0.2) is 0 Å². The van der Waals surface area contributed by atoms with Gasteiger partial charge in [-0.2, -0.15) is 0 Å². The van der Waals surface area contributed by atoms with Gasteiger partial charge in [0.1, 0.15) is 0 Å². The van der Waals surface area contributed by atoms with Gasteiger partial charge in [0.05, 0.1) is 0 Å². The minimum atomic E-state index is 0.587. The van der Waals surface area contributed by atoms with E-state index in [1.54, 1.807) is 0 Å². The highest BCUT2D eigenvalue weighted by Crippen LogP contribution is 2.35. The first kappa shape index (κ1) is 10.0. The minimum absolute atomic E-state index is 0.587. The van der Waals surface area contributed by atoms with E-state index in [4.69, 9.17) is 0 Å². The molecule has 1 atom stereocenters. The number of nitrogens with zero attached hydrogens (tertiary/aromatic N) is 1. The van der Waals surface area contributed by atoms with Crippen molar-refractivity contribution in [3.8, 4) is 0 Å². The monoisotopic (exact) mass is 169 g/mol. The van der Waals surface area contributed by atoms with E-state index in [2.05, 4.69) is 25.7 Å². The Kier molecular flexibility index (Phi) is 3.57. The van der Waals surface area contributed by atoms with Gasteiger partial charge in [-0.25, -0.2) is 0 Å². The molecule has 1 nitrogen and oxygen atoms in total. The van der Waals surface area contributed by atoms with Gasteiger partial charge in [0.15, 0.2) is 0 Å². The van der Waals surface area contributed by atoms with E-state index < -0.39 is 0 Å². The zero-order valence-corrected chi connectivity index (χ0v) is 8.90. The van der Waals surface area contributed by atoms with Crippen LogP contribution in [0.3, 0.4) is 0 Å². The van der Waals surface area contributed by atoms with Gasteiger partial charge in [0.25, 0.3) is 0 Å². The molecule has 0 saturated carbocycles. The van der Waals surface area contributed by atoms with Crippen molar-refractivity contribution in [2.45, 2.75) is 58.4 Å². The number of rotatable bonds is 4. The molecular weight excluding hydrogens is 146 g/mol. The minimum Gasteiger partial charge on any atom is -0.298 e. The summed E-state index contributed by atoms with van der Waals surface area (Å²) in [6, 6.07) is 0. The Balaban J connectivity index is 2.61. The lowest BCUT2D eigenvalue weighted by molar-refractivity contribution is 0.127. The van der Waals surface area contributed by atoms with Crippen LogP contribution in [0, 0.1) is 0 Å². The molecule has 1 aliphatic rings. The standard InChI is InChI=1S/C11H23N/c1-4-8-11(5-2)9-7-10-12(11)6-3/h4-10H2,1-3H3. The molecule has 0 aliphatic carbocycles. The summed E-state index contributed by atoms with van der Waals surface area (Å²) in [5, 5.41) is 0. The highest BCUT2D eigenvalue weighted by atomic mass is 15.2. The molecule has 0 aromatic carbocycles. The number of hydrogen-bond donors (Lipinski definition) is 0. The van der Waals surface area contributed by atoms with Gasteiger partial charge in [-0.15, -0.1) is 0 Å². The van der Waals surface area contributed by atoms with Gasteiger partial charge in [0.2, 0.25) is 0 Å². The summed E-state index contributed by atoms with van der Waals surface area (Å²) in [7, 11) is 0.